The van der Waals surface area contributed by atoms with Crippen molar-refractivity contribution in [2.45, 2.75) is 25.3 Å². The lowest BCUT2D eigenvalue weighted by Gasteiger charge is -2.22. The normalized spacial score (nSPS) is 13.7. The molecule has 0 aliphatic carbocycles. The van der Waals surface area contributed by atoms with Crippen molar-refractivity contribution in [3.63, 3.8) is 0 Å². The maximum absolute atomic E-state index is 12.9. The van der Waals surface area contributed by atoms with Crippen LogP contribution in [0.3, 0.4) is 0 Å². The van der Waals surface area contributed by atoms with E-state index in [1.807, 2.05) is 61.5 Å². The first-order valence-corrected chi connectivity index (χ1v) is 9.99. The molecule has 1 N–H and O–H groups in total. The van der Waals surface area contributed by atoms with Crippen LogP contribution in [-0.2, 0) is 4.79 Å². The Morgan fingerprint density at radius 3 is 2.03 bits per heavy atom. The Morgan fingerprint density at radius 1 is 0.828 bits per heavy atom. The third-order valence-corrected chi connectivity index (χ3v) is 5.24. The second-order valence-electron chi connectivity index (χ2n) is 7.27. The third-order valence-electron chi connectivity index (χ3n) is 5.24. The first-order valence-electron chi connectivity index (χ1n) is 9.99. The van der Waals surface area contributed by atoms with Crippen LogP contribution in [0.1, 0.15) is 42.0 Å². The molecule has 0 spiro atoms. The molecule has 1 unspecified atom stereocenters. The lowest BCUT2D eigenvalue weighted by atomic mass is 9.88. The number of hydrogen-bond donors (Lipinski definition) is 1. The van der Waals surface area contributed by atoms with Crippen molar-refractivity contribution in [1.82, 2.24) is 5.32 Å². The van der Waals surface area contributed by atoms with Crippen molar-refractivity contribution in [2.75, 3.05) is 13.2 Å². The fourth-order valence-electron chi connectivity index (χ4n) is 3.70. The van der Waals surface area contributed by atoms with E-state index in [1.54, 1.807) is 0 Å². The Kier molecular flexibility index (Phi) is 5.80. The molecule has 1 aliphatic rings. The number of rotatable bonds is 6. The second-order valence-corrected chi connectivity index (χ2v) is 7.27. The molecule has 3 aromatic carbocycles. The minimum absolute atomic E-state index is 0.0184. The zero-order valence-electron chi connectivity index (χ0n) is 16.5. The average molecular weight is 387 g/mol. The van der Waals surface area contributed by atoms with Crippen LogP contribution >= 0.6 is 0 Å². The highest BCUT2D eigenvalue weighted by atomic mass is 16.6. The number of benzene rings is 3. The Bertz CT molecular complexity index is 917. The van der Waals surface area contributed by atoms with Gasteiger partial charge in [-0.15, -0.1) is 0 Å². The van der Waals surface area contributed by atoms with Gasteiger partial charge in [0.2, 0.25) is 5.91 Å². The van der Waals surface area contributed by atoms with Crippen molar-refractivity contribution in [1.29, 1.82) is 0 Å². The molecule has 1 amide bonds. The van der Waals surface area contributed by atoms with Crippen LogP contribution in [0.25, 0.3) is 0 Å². The molecule has 148 valence electrons. The number of carbonyl (C=O) groups is 1. The molecule has 0 aromatic heterocycles. The first-order chi connectivity index (χ1) is 14.2. The third kappa shape index (κ3) is 4.60. The fraction of sp³-hybridized carbons (Fsp3) is 0.240. The maximum atomic E-state index is 12.9. The lowest BCUT2D eigenvalue weighted by molar-refractivity contribution is -0.121. The minimum atomic E-state index is -0.120. The standard InChI is InChI=1S/C25H25NO3/c1-18(21-12-13-23-24(16-21)29-15-14-28-23)26-25(27)17-22(19-8-4-2-5-9-19)20-10-6-3-7-11-20/h2-13,16,18,22H,14-15,17H2,1H3,(H,26,27). The molecule has 0 radical (unpaired) electrons. The highest BCUT2D eigenvalue weighted by molar-refractivity contribution is 5.78. The SMILES string of the molecule is CC(NC(=O)CC(c1ccccc1)c1ccccc1)c1ccc2c(c1)OCCO2. The van der Waals surface area contributed by atoms with Crippen LogP contribution in [0.15, 0.2) is 78.9 Å². The Hall–Kier alpha value is -3.27. The van der Waals surface area contributed by atoms with Crippen LogP contribution in [0, 0.1) is 0 Å². The molecule has 1 heterocycles. The number of hydrogen-bond acceptors (Lipinski definition) is 3. The van der Waals surface area contributed by atoms with E-state index in [-0.39, 0.29) is 17.9 Å². The molecule has 4 rings (SSSR count). The largest absolute Gasteiger partial charge is 0.486 e. The van der Waals surface area contributed by atoms with E-state index in [2.05, 4.69) is 29.6 Å². The van der Waals surface area contributed by atoms with Crippen LogP contribution < -0.4 is 14.8 Å². The quantitative estimate of drug-likeness (QED) is 0.657. The van der Waals surface area contributed by atoms with Crippen LogP contribution in [0.2, 0.25) is 0 Å². The van der Waals surface area contributed by atoms with Crippen LogP contribution in [-0.4, -0.2) is 19.1 Å². The van der Waals surface area contributed by atoms with Gasteiger partial charge >= 0.3 is 0 Å². The summed E-state index contributed by atoms with van der Waals surface area (Å²) in [6.45, 7) is 3.11. The average Bonchev–Trinajstić information content (AvgIpc) is 2.78. The van der Waals surface area contributed by atoms with E-state index in [9.17, 15) is 4.79 Å². The summed E-state index contributed by atoms with van der Waals surface area (Å²) in [6.07, 6.45) is 0.392. The highest BCUT2D eigenvalue weighted by Gasteiger charge is 2.20. The van der Waals surface area contributed by atoms with Gasteiger partial charge in [0.25, 0.3) is 0 Å². The molecule has 1 aliphatic heterocycles. The second kappa shape index (κ2) is 8.82. The molecule has 0 bridgehead atoms. The molecule has 0 saturated heterocycles. The van der Waals surface area contributed by atoms with E-state index in [4.69, 9.17) is 9.47 Å². The van der Waals surface area contributed by atoms with E-state index in [1.165, 1.54) is 0 Å². The van der Waals surface area contributed by atoms with Crippen molar-refractivity contribution < 1.29 is 14.3 Å². The Balaban J connectivity index is 1.48. The van der Waals surface area contributed by atoms with E-state index in [0.29, 0.717) is 19.6 Å². The molecule has 3 aromatic rings. The summed E-state index contributed by atoms with van der Waals surface area (Å²) in [5, 5.41) is 3.14. The predicted molar refractivity (Wildman–Crippen MR) is 113 cm³/mol. The van der Waals surface area contributed by atoms with E-state index in [0.717, 1.165) is 28.2 Å². The number of carbonyl (C=O) groups excluding carboxylic acids is 1. The van der Waals surface area contributed by atoms with Gasteiger partial charge in [0, 0.05) is 12.3 Å². The van der Waals surface area contributed by atoms with Gasteiger partial charge in [-0.2, -0.15) is 0 Å². The van der Waals surface area contributed by atoms with E-state index < -0.39 is 0 Å². The number of nitrogens with one attached hydrogen (secondary N) is 1. The Labute approximate surface area is 171 Å². The number of ether oxygens (including phenoxy) is 2. The summed E-state index contributed by atoms with van der Waals surface area (Å²) in [5.74, 6) is 1.53. The van der Waals surface area contributed by atoms with Gasteiger partial charge in [-0.05, 0) is 35.7 Å². The van der Waals surface area contributed by atoms with Crippen LogP contribution in [0.5, 0.6) is 11.5 Å². The molecule has 29 heavy (non-hydrogen) atoms. The van der Waals surface area contributed by atoms with Gasteiger partial charge in [0.15, 0.2) is 11.5 Å². The van der Waals surface area contributed by atoms with Gasteiger partial charge in [-0.25, -0.2) is 0 Å². The van der Waals surface area contributed by atoms with Gasteiger partial charge in [0.05, 0.1) is 6.04 Å². The van der Waals surface area contributed by atoms with Gasteiger partial charge in [-0.1, -0.05) is 66.7 Å². The highest BCUT2D eigenvalue weighted by Crippen LogP contribution is 2.33. The lowest BCUT2D eigenvalue weighted by Crippen LogP contribution is -2.28. The van der Waals surface area contributed by atoms with E-state index >= 15 is 0 Å². The van der Waals surface area contributed by atoms with Crippen molar-refractivity contribution >= 4 is 5.91 Å². The number of amides is 1. The monoisotopic (exact) mass is 387 g/mol. The number of fused-ring (bicyclic) bond motifs is 1. The zero-order chi connectivity index (χ0) is 20.1. The van der Waals surface area contributed by atoms with Gasteiger partial charge < -0.3 is 14.8 Å². The summed E-state index contributed by atoms with van der Waals surface area (Å²) in [7, 11) is 0. The Morgan fingerprint density at radius 2 is 1.41 bits per heavy atom. The van der Waals surface area contributed by atoms with Crippen molar-refractivity contribution in [3.05, 3.63) is 95.6 Å². The molecular weight excluding hydrogens is 362 g/mol. The topological polar surface area (TPSA) is 47.6 Å². The minimum Gasteiger partial charge on any atom is -0.486 e. The summed E-state index contributed by atoms with van der Waals surface area (Å²) in [6, 6.07) is 26.1. The van der Waals surface area contributed by atoms with Crippen molar-refractivity contribution in [2.24, 2.45) is 0 Å². The summed E-state index contributed by atoms with van der Waals surface area (Å²) >= 11 is 0. The summed E-state index contributed by atoms with van der Waals surface area (Å²) in [4.78, 5) is 12.9. The van der Waals surface area contributed by atoms with Gasteiger partial charge in [0.1, 0.15) is 13.2 Å². The molecule has 0 fully saturated rings. The smallest absolute Gasteiger partial charge is 0.221 e. The molecule has 1 atom stereocenters. The molecule has 0 saturated carbocycles. The summed E-state index contributed by atoms with van der Waals surface area (Å²) < 4.78 is 11.2. The van der Waals surface area contributed by atoms with Crippen molar-refractivity contribution in [3.8, 4) is 11.5 Å². The fourth-order valence-corrected chi connectivity index (χ4v) is 3.70. The van der Waals surface area contributed by atoms with Crippen LogP contribution in [0.4, 0.5) is 0 Å². The first kappa shape index (κ1) is 19.1. The summed E-state index contributed by atoms with van der Waals surface area (Å²) in [5.41, 5.74) is 3.28. The van der Waals surface area contributed by atoms with Gasteiger partial charge in [-0.3, -0.25) is 4.79 Å². The molecule has 4 nitrogen and oxygen atoms in total. The maximum Gasteiger partial charge on any atom is 0.221 e. The zero-order valence-corrected chi connectivity index (χ0v) is 16.5. The molecule has 4 heteroatoms. The molecular formula is C25H25NO3. The predicted octanol–water partition coefficient (Wildman–Crippen LogP) is 4.86.